The lowest BCUT2D eigenvalue weighted by atomic mass is 10.2. The standard InChI is InChI=1S/C15H28N4O2/c1-7-16-14-11(4)15(18-13(17-14)10(2)3)19(5)8-12(20)9-21-6/h10,12,20H,7-9H2,1-6H3,(H,16,17,18). The summed E-state index contributed by atoms with van der Waals surface area (Å²) >= 11 is 0. The Kier molecular flexibility index (Phi) is 6.84. The number of aliphatic hydroxyl groups is 1. The van der Waals surface area contributed by atoms with E-state index >= 15 is 0 Å². The van der Waals surface area contributed by atoms with Crippen LogP contribution in [0, 0.1) is 6.92 Å². The highest BCUT2D eigenvalue weighted by Gasteiger charge is 2.17. The number of methoxy groups -OCH3 is 1. The molecular formula is C15H28N4O2. The maximum atomic E-state index is 9.90. The second-order valence-electron chi connectivity index (χ2n) is 5.55. The average molecular weight is 296 g/mol. The van der Waals surface area contributed by atoms with Gasteiger partial charge in [0.15, 0.2) is 0 Å². The number of hydrogen-bond donors (Lipinski definition) is 2. The zero-order chi connectivity index (χ0) is 16.0. The lowest BCUT2D eigenvalue weighted by Gasteiger charge is -2.25. The Bertz CT molecular complexity index is 452. The second-order valence-corrected chi connectivity index (χ2v) is 5.55. The fourth-order valence-electron chi connectivity index (χ4n) is 2.14. The molecule has 6 nitrogen and oxygen atoms in total. The van der Waals surface area contributed by atoms with Crippen LogP contribution in [-0.2, 0) is 4.74 Å². The van der Waals surface area contributed by atoms with Crippen LogP contribution in [0.2, 0.25) is 0 Å². The molecule has 120 valence electrons. The van der Waals surface area contributed by atoms with E-state index in [-0.39, 0.29) is 5.92 Å². The number of hydrogen-bond acceptors (Lipinski definition) is 6. The summed E-state index contributed by atoms with van der Waals surface area (Å²) in [5.41, 5.74) is 0.994. The smallest absolute Gasteiger partial charge is 0.137 e. The number of ether oxygens (including phenoxy) is 1. The molecule has 0 saturated carbocycles. The highest BCUT2D eigenvalue weighted by Crippen LogP contribution is 2.25. The molecular weight excluding hydrogens is 268 g/mol. The molecule has 0 aliphatic rings. The molecule has 1 atom stereocenters. The molecule has 0 bridgehead atoms. The van der Waals surface area contributed by atoms with E-state index < -0.39 is 6.10 Å². The molecule has 0 fully saturated rings. The fraction of sp³-hybridized carbons (Fsp3) is 0.733. The highest BCUT2D eigenvalue weighted by molar-refractivity contribution is 5.58. The first-order valence-electron chi connectivity index (χ1n) is 7.41. The Labute approximate surface area is 127 Å². The van der Waals surface area contributed by atoms with Gasteiger partial charge in [0.25, 0.3) is 0 Å². The van der Waals surface area contributed by atoms with Gasteiger partial charge in [-0.05, 0) is 13.8 Å². The maximum Gasteiger partial charge on any atom is 0.137 e. The minimum absolute atomic E-state index is 0.249. The molecule has 1 rings (SSSR count). The van der Waals surface area contributed by atoms with Crippen LogP contribution in [0.5, 0.6) is 0 Å². The van der Waals surface area contributed by atoms with E-state index in [0.29, 0.717) is 13.2 Å². The van der Waals surface area contributed by atoms with Crippen LogP contribution >= 0.6 is 0 Å². The van der Waals surface area contributed by atoms with Gasteiger partial charge in [-0.15, -0.1) is 0 Å². The monoisotopic (exact) mass is 296 g/mol. The summed E-state index contributed by atoms with van der Waals surface area (Å²) in [5, 5.41) is 13.2. The van der Waals surface area contributed by atoms with Gasteiger partial charge >= 0.3 is 0 Å². The number of anilines is 2. The summed E-state index contributed by atoms with van der Waals surface area (Å²) in [6.07, 6.45) is -0.542. The zero-order valence-corrected chi connectivity index (χ0v) is 14.0. The van der Waals surface area contributed by atoms with Crippen molar-refractivity contribution in [3.8, 4) is 0 Å². The van der Waals surface area contributed by atoms with Crippen LogP contribution in [-0.4, -0.2) is 55.0 Å². The topological polar surface area (TPSA) is 70.5 Å². The summed E-state index contributed by atoms with van der Waals surface area (Å²) in [4.78, 5) is 11.2. The average Bonchev–Trinajstić information content (AvgIpc) is 2.41. The van der Waals surface area contributed by atoms with Crippen molar-refractivity contribution in [2.24, 2.45) is 0 Å². The molecule has 0 saturated heterocycles. The van der Waals surface area contributed by atoms with E-state index in [1.165, 1.54) is 0 Å². The van der Waals surface area contributed by atoms with Gasteiger partial charge in [-0.25, -0.2) is 9.97 Å². The molecule has 0 amide bonds. The van der Waals surface area contributed by atoms with Crippen molar-refractivity contribution in [1.82, 2.24) is 9.97 Å². The molecule has 0 aliphatic heterocycles. The quantitative estimate of drug-likeness (QED) is 0.762. The maximum absolute atomic E-state index is 9.90. The molecule has 1 aromatic rings. The number of likely N-dealkylation sites (N-methyl/N-ethyl adjacent to an activating group) is 1. The summed E-state index contributed by atoms with van der Waals surface area (Å²) in [7, 11) is 3.51. The van der Waals surface area contributed by atoms with Crippen LogP contribution in [0.4, 0.5) is 11.6 Å². The van der Waals surface area contributed by atoms with Gasteiger partial charge in [-0.1, -0.05) is 13.8 Å². The van der Waals surface area contributed by atoms with Crippen molar-refractivity contribution in [3.63, 3.8) is 0 Å². The third-order valence-electron chi connectivity index (χ3n) is 3.20. The van der Waals surface area contributed by atoms with E-state index in [0.717, 1.165) is 29.6 Å². The van der Waals surface area contributed by atoms with Crippen molar-refractivity contribution in [1.29, 1.82) is 0 Å². The third kappa shape index (κ3) is 4.82. The highest BCUT2D eigenvalue weighted by atomic mass is 16.5. The van der Waals surface area contributed by atoms with E-state index in [9.17, 15) is 5.11 Å². The fourth-order valence-corrected chi connectivity index (χ4v) is 2.14. The van der Waals surface area contributed by atoms with E-state index in [4.69, 9.17) is 4.74 Å². The Morgan fingerprint density at radius 1 is 1.33 bits per heavy atom. The largest absolute Gasteiger partial charge is 0.389 e. The van der Waals surface area contributed by atoms with Gasteiger partial charge in [-0.2, -0.15) is 0 Å². The van der Waals surface area contributed by atoms with Crippen molar-refractivity contribution < 1.29 is 9.84 Å². The predicted octanol–water partition coefficient (Wildman–Crippen LogP) is 1.78. The van der Waals surface area contributed by atoms with Crippen molar-refractivity contribution >= 4 is 11.6 Å². The Morgan fingerprint density at radius 3 is 2.52 bits per heavy atom. The van der Waals surface area contributed by atoms with Crippen LogP contribution < -0.4 is 10.2 Å². The number of aromatic nitrogens is 2. The molecule has 0 aromatic carbocycles. The predicted molar refractivity (Wildman–Crippen MR) is 86.2 cm³/mol. The molecule has 0 spiro atoms. The Morgan fingerprint density at radius 2 is 2.00 bits per heavy atom. The third-order valence-corrected chi connectivity index (χ3v) is 3.20. The minimum atomic E-state index is -0.542. The summed E-state index contributed by atoms with van der Waals surface area (Å²) in [6, 6.07) is 0. The molecule has 1 aromatic heterocycles. The van der Waals surface area contributed by atoms with Gasteiger partial charge in [0, 0.05) is 38.7 Å². The van der Waals surface area contributed by atoms with Crippen LogP contribution in [0.1, 0.15) is 38.1 Å². The van der Waals surface area contributed by atoms with Crippen molar-refractivity contribution in [2.45, 2.75) is 39.7 Å². The molecule has 1 unspecified atom stereocenters. The lowest BCUT2D eigenvalue weighted by molar-refractivity contribution is 0.0694. The Hall–Kier alpha value is -1.40. The first-order valence-corrected chi connectivity index (χ1v) is 7.41. The number of aliphatic hydroxyl groups excluding tert-OH is 1. The van der Waals surface area contributed by atoms with Crippen LogP contribution in [0.15, 0.2) is 0 Å². The van der Waals surface area contributed by atoms with Crippen molar-refractivity contribution in [2.75, 3.05) is 44.1 Å². The summed E-state index contributed by atoms with van der Waals surface area (Å²) in [5.74, 6) is 2.76. The minimum Gasteiger partial charge on any atom is -0.389 e. The lowest BCUT2D eigenvalue weighted by Crippen LogP contribution is -2.33. The SMILES string of the molecule is CCNc1nc(C(C)C)nc(N(C)CC(O)COC)c1C. The van der Waals surface area contributed by atoms with Gasteiger partial charge < -0.3 is 20.1 Å². The molecule has 21 heavy (non-hydrogen) atoms. The molecule has 0 aliphatic carbocycles. The van der Waals surface area contributed by atoms with Crippen molar-refractivity contribution in [3.05, 3.63) is 11.4 Å². The molecule has 6 heteroatoms. The summed E-state index contributed by atoms with van der Waals surface area (Å²) < 4.78 is 4.97. The Balaban J connectivity index is 3.08. The van der Waals surface area contributed by atoms with Crippen LogP contribution in [0.3, 0.4) is 0 Å². The van der Waals surface area contributed by atoms with Gasteiger partial charge in [0.05, 0.1) is 12.7 Å². The molecule has 1 heterocycles. The van der Waals surface area contributed by atoms with Crippen LogP contribution in [0.25, 0.3) is 0 Å². The van der Waals surface area contributed by atoms with E-state index in [1.54, 1.807) is 7.11 Å². The number of rotatable bonds is 8. The van der Waals surface area contributed by atoms with E-state index in [1.807, 2.05) is 25.8 Å². The zero-order valence-electron chi connectivity index (χ0n) is 14.0. The van der Waals surface area contributed by atoms with Gasteiger partial charge in [-0.3, -0.25) is 0 Å². The molecule has 2 N–H and O–H groups in total. The normalized spacial score (nSPS) is 12.6. The number of nitrogens with zero attached hydrogens (tertiary/aromatic N) is 3. The molecule has 0 radical (unpaired) electrons. The summed E-state index contributed by atoms with van der Waals surface area (Å²) in [6.45, 7) is 9.78. The van der Waals surface area contributed by atoms with E-state index in [2.05, 4.69) is 29.1 Å². The number of nitrogens with one attached hydrogen (secondary N) is 1. The second kappa shape index (κ2) is 8.14. The first kappa shape index (κ1) is 17.7. The first-order chi connectivity index (χ1) is 9.90. The van der Waals surface area contributed by atoms with Gasteiger partial charge in [0.2, 0.25) is 0 Å². The van der Waals surface area contributed by atoms with Gasteiger partial charge in [0.1, 0.15) is 17.5 Å².